The third kappa shape index (κ3) is 3.76. The highest BCUT2D eigenvalue weighted by molar-refractivity contribution is 5.97. The number of hydrogen-bond donors (Lipinski definition) is 1. The van der Waals surface area contributed by atoms with E-state index in [4.69, 9.17) is 0 Å². The summed E-state index contributed by atoms with van der Waals surface area (Å²) in [5.41, 5.74) is 4.32. The van der Waals surface area contributed by atoms with Gasteiger partial charge in [-0.25, -0.2) is 0 Å². The fraction of sp³-hybridized carbons (Fsp3) is 0.318. The Balaban J connectivity index is 1.74. The number of aryl methyl sites for hydroxylation is 1. The quantitative estimate of drug-likeness (QED) is 0.836. The summed E-state index contributed by atoms with van der Waals surface area (Å²) < 4.78 is 0. The van der Waals surface area contributed by atoms with Crippen LogP contribution >= 0.6 is 0 Å². The van der Waals surface area contributed by atoms with Gasteiger partial charge in [-0.1, -0.05) is 48.5 Å². The van der Waals surface area contributed by atoms with Gasteiger partial charge in [0, 0.05) is 17.3 Å². The number of benzene rings is 2. The van der Waals surface area contributed by atoms with Crippen LogP contribution in [0.4, 0.5) is 5.69 Å². The predicted octanol–water partition coefficient (Wildman–Crippen LogP) is 4.62. The Bertz CT molecular complexity index is 752. The van der Waals surface area contributed by atoms with Gasteiger partial charge in [-0.15, -0.1) is 0 Å². The van der Waals surface area contributed by atoms with Crippen LogP contribution in [-0.4, -0.2) is 23.0 Å². The van der Waals surface area contributed by atoms with E-state index in [2.05, 4.69) is 43.4 Å². The molecular formula is C22H26N2O. The molecule has 2 aromatic rings. The van der Waals surface area contributed by atoms with Crippen LogP contribution in [-0.2, 0) is 11.2 Å². The maximum absolute atomic E-state index is 12.8. The third-order valence-corrected chi connectivity index (χ3v) is 5.08. The summed E-state index contributed by atoms with van der Waals surface area (Å²) in [6.45, 7) is 6.13. The van der Waals surface area contributed by atoms with E-state index in [9.17, 15) is 4.79 Å². The van der Waals surface area contributed by atoms with E-state index in [0.29, 0.717) is 0 Å². The molecule has 25 heavy (non-hydrogen) atoms. The van der Waals surface area contributed by atoms with Crippen molar-refractivity contribution in [3.05, 3.63) is 77.4 Å². The van der Waals surface area contributed by atoms with Gasteiger partial charge in [-0.3, -0.25) is 4.79 Å². The van der Waals surface area contributed by atoms with Gasteiger partial charge in [0.25, 0.3) is 5.91 Å². The largest absolute Gasteiger partial charge is 0.362 e. The lowest BCUT2D eigenvalue weighted by atomic mass is 10.0. The predicted molar refractivity (Wildman–Crippen MR) is 103 cm³/mol. The zero-order chi connectivity index (χ0) is 17.8. The van der Waals surface area contributed by atoms with Gasteiger partial charge in [0.2, 0.25) is 0 Å². The Kier molecular flexibility index (Phi) is 5.22. The average molecular weight is 334 g/mol. The van der Waals surface area contributed by atoms with Gasteiger partial charge in [-0.2, -0.15) is 0 Å². The molecule has 0 aromatic heterocycles. The molecule has 3 nitrogen and oxygen atoms in total. The van der Waals surface area contributed by atoms with Crippen LogP contribution in [0.15, 0.2) is 71.8 Å². The molecule has 0 fully saturated rings. The van der Waals surface area contributed by atoms with E-state index in [1.165, 1.54) is 5.56 Å². The number of carbonyl (C=O) groups is 1. The van der Waals surface area contributed by atoms with Gasteiger partial charge in [0.15, 0.2) is 0 Å². The van der Waals surface area contributed by atoms with E-state index < -0.39 is 0 Å². The molecule has 0 saturated carbocycles. The zero-order valence-corrected chi connectivity index (χ0v) is 15.2. The molecule has 0 unspecified atom stereocenters. The minimum atomic E-state index is -0.0688. The fourth-order valence-corrected chi connectivity index (χ4v) is 3.38. The summed E-state index contributed by atoms with van der Waals surface area (Å²) in [6, 6.07) is 20.7. The van der Waals surface area contributed by atoms with Crippen molar-refractivity contribution in [2.75, 3.05) is 5.32 Å². The molecule has 0 spiro atoms. The minimum absolute atomic E-state index is 0.0688. The van der Waals surface area contributed by atoms with Crippen molar-refractivity contribution in [3.63, 3.8) is 0 Å². The summed E-state index contributed by atoms with van der Waals surface area (Å²) in [5.74, 6) is 0.145. The Morgan fingerprint density at radius 2 is 1.60 bits per heavy atom. The molecule has 0 radical (unpaired) electrons. The van der Waals surface area contributed by atoms with E-state index >= 15 is 0 Å². The van der Waals surface area contributed by atoms with Crippen molar-refractivity contribution in [1.29, 1.82) is 0 Å². The maximum Gasteiger partial charge on any atom is 0.251 e. The van der Waals surface area contributed by atoms with Crippen LogP contribution in [0.3, 0.4) is 0 Å². The fourth-order valence-electron chi connectivity index (χ4n) is 3.38. The first-order valence-corrected chi connectivity index (χ1v) is 8.93. The van der Waals surface area contributed by atoms with Crippen LogP contribution in [0.25, 0.3) is 0 Å². The number of anilines is 1. The monoisotopic (exact) mass is 334 g/mol. The van der Waals surface area contributed by atoms with Crippen LogP contribution in [0, 0.1) is 0 Å². The number of carbonyl (C=O) groups excluding carboxylic acids is 1. The van der Waals surface area contributed by atoms with Gasteiger partial charge in [0.1, 0.15) is 6.17 Å². The molecule has 1 amide bonds. The summed E-state index contributed by atoms with van der Waals surface area (Å²) in [5, 5.41) is 3.53. The molecule has 0 bridgehead atoms. The molecule has 0 aliphatic carbocycles. The van der Waals surface area contributed by atoms with Crippen LogP contribution < -0.4 is 5.32 Å². The highest BCUT2D eigenvalue weighted by atomic mass is 16.2. The van der Waals surface area contributed by atoms with Crippen molar-refractivity contribution in [2.45, 2.75) is 45.8 Å². The topological polar surface area (TPSA) is 32.3 Å². The molecule has 1 aliphatic heterocycles. The number of nitrogens with one attached hydrogen (secondary N) is 1. The number of hydrogen-bond acceptors (Lipinski definition) is 2. The van der Waals surface area contributed by atoms with Crippen molar-refractivity contribution in [1.82, 2.24) is 4.90 Å². The molecule has 1 heterocycles. The molecular weight excluding hydrogens is 308 g/mol. The van der Waals surface area contributed by atoms with Gasteiger partial charge >= 0.3 is 0 Å². The van der Waals surface area contributed by atoms with Crippen molar-refractivity contribution in [3.8, 4) is 0 Å². The average Bonchev–Trinajstić information content (AvgIpc) is 2.85. The summed E-state index contributed by atoms with van der Waals surface area (Å²) >= 11 is 0. The maximum atomic E-state index is 12.8. The van der Waals surface area contributed by atoms with Gasteiger partial charge in [0.05, 0.1) is 0 Å². The van der Waals surface area contributed by atoms with Crippen molar-refractivity contribution < 1.29 is 4.79 Å². The van der Waals surface area contributed by atoms with E-state index in [1.807, 2.05) is 48.2 Å². The Labute approximate surface area is 150 Å². The molecule has 2 aromatic carbocycles. The normalized spacial score (nSPS) is 18.6. The second-order valence-corrected chi connectivity index (χ2v) is 6.81. The lowest BCUT2D eigenvalue weighted by molar-refractivity contribution is -0.128. The highest BCUT2D eigenvalue weighted by Crippen LogP contribution is 2.29. The van der Waals surface area contributed by atoms with Crippen LogP contribution in [0.1, 0.15) is 32.8 Å². The first-order valence-electron chi connectivity index (χ1n) is 8.93. The number of para-hydroxylation sites is 1. The third-order valence-electron chi connectivity index (χ3n) is 5.08. The molecule has 0 saturated heterocycles. The van der Waals surface area contributed by atoms with Crippen molar-refractivity contribution in [2.24, 2.45) is 0 Å². The lowest BCUT2D eigenvalue weighted by Crippen LogP contribution is -2.46. The SMILES string of the molecule is CC1=C(C)[C@H](Nc2ccccc2)N([C@H](C)CCc2ccccc2)C1=O. The summed E-state index contributed by atoms with van der Waals surface area (Å²) in [7, 11) is 0. The molecule has 2 atom stereocenters. The first kappa shape index (κ1) is 17.3. The van der Waals surface area contributed by atoms with Crippen LogP contribution in [0.2, 0.25) is 0 Å². The summed E-state index contributed by atoms with van der Waals surface area (Å²) in [4.78, 5) is 14.8. The smallest absolute Gasteiger partial charge is 0.251 e. The zero-order valence-electron chi connectivity index (χ0n) is 15.2. The van der Waals surface area contributed by atoms with Crippen LogP contribution in [0.5, 0.6) is 0 Å². The first-order chi connectivity index (χ1) is 12.1. The molecule has 3 heteroatoms. The Morgan fingerprint density at radius 1 is 1.00 bits per heavy atom. The Hall–Kier alpha value is -2.55. The standard InChI is InChI=1S/C22H26N2O/c1-16(14-15-19-10-6-4-7-11-19)24-21(17(2)18(3)22(24)25)23-20-12-8-5-9-13-20/h4-13,16,21,23H,14-15H2,1-3H3/t16-,21-/m1/s1. The lowest BCUT2D eigenvalue weighted by Gasteiger charge is -2.33. The molecule has 130 valence electrons. The van der Waals surface area contributed by atoms with E-state index in [0.717, 1.165) is 29.7 Å². The number of amides is 1. The molecule has 1 N–H and O–H groups in total. The van der Waals surface area contributed by atoms with E-state index in [1.54, 1.807) is 0 Å². The summed E-state index contributed by atoms with van der Waals surface area (Å²) in [6.07, 6.45) is 1.85. The van der Waals surface area contributed by atoms with Gasteiger partial charge < -0.3 is 10.2 Å². The number of nitrogens with zero attached hydrogens (tertiary/aromatic N) is 1. The second kappa shape index (κ2) is 7.56. The second-order valence-electron chi connectivity index (χ2n) is 6.81. The van der Waals surface area contributed by atoms with Gasteiger partial charge in [-0.05, 0) is 56.9 Å². The van der Waals surface area contributed by atoms with E-state index in [-0.39, 0.29) is 18.1 Å². The molecule has 1 aliphatic rings. The Morgan fingerprint density at radius 3 is 2.24 bits per heavy atom. The molecule has 3 rings (SSSR count). The number of rotatable bonds is 6. The minimum Gasteiger partial charge on any atom is -0.362 e. The van der Waals surface area contributed by atoms with Crippen molar-refractivity contribution >= 4 is 11.6 Å². The highest BCUT2D eigenvalue weighted by Gasteiger charge is 2.37.